The first-order chi connectivity index (χ1) is 13.0. The molecule has 0 fully saturated rings. The highest BCUT2D eigenvalue weighted by Gasteiger charge is 2.49. The van der Waals surface area contributed by atoms with Crippen molar-refractivity contribution in [3.63, 3.8) is 0 Å². The molecule has 0 aliphatic rings. The second kappa shape index (κ2) is 8.17. The molecule has 0 amide bonds. The second-order valence-corrected chi connectivity index (χ2v) is 8.43. The first-order valence-corrected chi connectivity index (χ1v) is 10.2. The summed E-state index contributed by atoms with van der Waals surface area (Å²) in [6, 6.07) is 24.8. The minimum absolute atomic E-state index is 0.108. The summed E-state index contributed by atoms with van der Waals surface area (Å²) in [5, 5.41) is 10.5. The number of phenolic OH excluding ortho intramolecular Hbond substituents is 1. The molecule has 0 aliphatic carbocycles. The number of benzene rings is 3. The lowest BCUT2D eigenvalue weighted by Crippen LogP contribution is -2.38. The van der Waals surface area contributed by atoms with E-state index in [4.69, 9.17) is 3.63 Å². The first-order valence-electron chi connectivity index (χ1n) is 8.47. The average Bonchev–Trinajstić information content (AvgIpc) is 2.71. The van der Waals surface area contributed by atoms with E-state index in [0.29, 0.717) is 12.0 Å². The van der Waals surface area contributed by atoms with Gasteiger partial charge in [0, 0.05) is 5.56 Å². The summed E-state index contributed by atoms with van der Waals surface area (Å²) in [5.41, 5.74) is 1.76. The molecule has 0 bridgehead atoms. The van der Waals surface area contributed by atoms with Gasteiger partial charge < -0.3 is 5.11 Å². The Kier molecular flexibility index (Phi) is 5.89. The van der Waals surface area contributed by atoms with Crippen LogP contribution in [0.3, 0.4) is 0 Å². The Balaban J connectivity index is 2.24. The van der Waals surface area contributed by atoms with Crippen molar-refractivity contribution in [3.8, 4) is 5.75 Å². The van der Waals surface area contributed by atoms with Crippen molar-refractivity contribution in [2.45, 2.75) is 17.6 Å². The zero-order valence-electron chi connectivity index (χ0n) is 14.5. The van der Waals surface area contributed by atoms with Gasteiger partial charge in [-0.25, -0.2) is 3.63 Å². The van der Waals surface area contributed by atoms with Crippen molar-refractivity contribution >= 4 is 23.0 Å². The summed E-state index contributed by atoms with van der Waals surface area (Å²) in [6.45, 7) is 0. The molecule has 0 saturated heterocycles. The number of aromatic hydroxyl groups is 1. The molecule has 1 atom stereocenters. The van der Waals surface area contributed by atoms with E-state index in [9.17, 15) is 13.5 Å². The van der Waals surface area contributed by atoms with Gasteiger partial charge in [0.25, 0.3) is 10.1 Å². The van der Waals surface area contributed by atoms with E-state index in [-0.39, 0.29) is 17.7 Å². The van der Waals surface area contributed by atoms with Gasteiger partial charge in [-0.15, -0.1) is 0 Å². The molecule has 3 rings (SSSR count). The van der Waals surface area contributed by atoms with Crippen LogP contribution in [0.5, 0.6) is 5.75 Å². The van der Waals surface area contributed by atoms with Crippen LogP contribution in [0, 0.1) is 0 Å². The summed E-state index contributed by atoms with van der Waals surface area (Å²) in [6.07, 6.45) is 0.655. The highest BCUT2D eigenvalue weighted by atomic mass is 32.3. The Morgan fingerprint density at radius 1 is 0.852 bits per heavy atom. The van der Waals surface area contributed by atoms with E-state index in [1.165, 1.54) is 6.07 Å². The van der Waals surface area contributed by atoms with Crippen molar-refractivity contribution < 1.29 is 17.2 Å². The number of phenols is 1. The van der Waals surface area contributed by atoms with Crippen LogP contribution in [0.1, 0.15) is 23.1 Å². The van der Waals surface area contributed by atoms with Crippen molar-refractivity contribution in [1.29, 1.82) is 0 Å². The molecule has 0 heterocycles. The number of thiol groups is 1. The smallest absolute Gasteiger partial charge is 0.292 e. The fourth-order valence-corrected chi connectivity index (χ4v) is 5.12. The fourth-order valence-electron chi connectivity index (χ4n) is 3.39. The Hall–Kier alpha value is -2.28. The van der Waals surface area contributed by atoms with Gasteiger partial charge in [-0.05, 0) is 42.9 Å². The molecule has 140 valence electrons. The van der Waals surface area contributed by atoms with Crippen LogP contribution in [-0.4, -0.2) is 13.5 Å². The van der Waals surface area contributed by atoms with Crippen LogP contribution in [0.4, 0.5) is 0 Å². The van der Waals surface area contributed by atoms with Crippen LogP contribution in [0.25, 0.3) is 0 Å². The average molecular weight is 401 g/mol. The largest absolute Gasteiger partial charge is 0.508 e. The predicted molar refractivity (Wildman–Crippen MR) is 109 cm³/mol. The Bertz CT molecular complexity index is 989. The molecule has 1 N–H and O–H groups in total. The van der Waals surface area contributed by atoms with Crippen molar-refractivity contribution in [3.05, 3.63) is 102 Å². The van der Waals surface area contributed by atoms with Crippen LogP contribution in [-0.2, 0) is 24.9 Å². The quantitative estimate of drug-likeness (QED) is 0.454. The SMILES string of the molecule is O=S(=O)(OS)C(CCc1ccccc1)(c1ccccc1)c1ccccc1O. The normalized spacial score (nSPS) is 13.8. The van der Waals surface area contributed by atoms with Gasteiger partial charge in [0.05, 0.1) is 0 Å². The van der Waals surface area contributed by atoms with E-state index in [1.54, 1.807) is 42.5 Å². The maximum absolute atomic E-state index is 13.2. The molecule has 6 heteroatoms. The van der Waals surface area contributed by atoms with Gasteiger partial charge in [-0.1, -0.05) is 78.9 Å². The lowest BCUT2D eigenvalue weighted by molar-refractivity contribution is 0.434. The molecule has 0 aromatic heterocycles. The third-order valence-corrected chi connectivity index (χ3v) is 7.01. The molecule has 0 aliphatic heterocycles. The van der Waals surface area contributed by atoms with Crippen LogP contribution < -0.4 is 0 Å². The summed E-state index contributed by atoms with van der Waals surface area (Å²) in [5.74, 6) is -0.108. The van der Waals surface area contributed by atoms with Crippen LogP contribution in [0.2, 0.25) is 0 Å². The predicted octanol–water partition coefficient (Wildman–Crippen LogP) is 4.46. The van der Waals surface area contributed by atoms with Gasteiger partial charge in [-0.2, -0.15) is 8.42 Å². The van der Waals surface area contributed by atoms with Gasteiger partial charge >= 0.3 is 0 Å². The van der Waals surface area contributed by atoms with Gasteiger partial charge in [0.2, 0.25) is 0 Å². The van der Waals surface area contributed by atoms with E-state index < -0.39 is 14.9 Å². The minimum Gasteiger partial charge on any atom is -0.508 e. The third kappa shape index (κ3) is 3.74. The van der Waals surface area contributed by atoms with E-state index in [1.807, 2.05) is 36.4 Å². The third-order valence-electron chi connectivity index (χ3n) is 4.71. The number of aryl methyl sites for hydroxylation is 1. The first kappa shape index (κ1) is 19.5. The Morgan fingerprint density at radius 2 is 1.41 bits per heavy atom. The summed E-state index contributed by atoms with van der Waals surface area (Å²) in [7, 11) is -4.22. The summed E-state index contributed by atoms with van der Waals surface area (Å²) >= 11 is 3.64. The molecule has 1 unspecified atom stereocenters. The summed E-state index contributed by atoms with van der Waals surface area (Å²) < 4.78 is 29.5. The zero-order valence-corrected chi connectivity index (χ0v) is 16.2. The van der Waals surface area contributed by atoms with Crippen LogP contribution >= 0.6 is 12.9 Å². The highest BCUT2D eigenvalue weighted by Crippen LogP contribution is 2.46. The lowest BCUT2D eigenvalue weighted by atomic mass is 9.84. The van der Waals surface area contributed by atoms with Crippen molar-refractivity contribution in [2.24, 2.45) is 0 Å². The molecule has 0 spiro atoms. The standard InChI is InChI=1S/C21H20O4S2/c22-20-14-8-7-13-19(20)21(27(23,24)25-26,18-11-5-2-6-12-18)16-15-17-9-3-1-4-10-17/h1-14,22,26H,15-16H2. The maximum atomic E-state index is 13.2. The van der Waals surface area contributed by atoms with E-state index in [2.05, 4.69) is 12.9 Å². The second-order valence-electron chi connectivity index (χ2n) is 6.22. The molecule has 3 aromatic rings. The molecule has 0 radical (unpaired) electrons. The van der Waals surface area contributed by atoms with Crippen molar-refractivity contribution in [2.75, 3.05) is 0 Å². The van der Waals surface area contributed by atoms with Crippen LogP contribution in [0.15, 0.2) is 84.9 Å². The van der Waals surface area contributed by atoms with Crippen molar-refractivity contribution in [1.82, 2.24) is 0 Å². The van der Waals surface area contributed by atoms with Gasteiger partial charge in [0.15, 0.2) is 4.75 Å². The zero-order chi connectivity index (χ0) is 19.3. The molecular weight excluding hydrogens is 380 g/mol. The fraction of sp³-hybridized carbons (Fsp3) is 0.143. The number of hydrogen-bond acceptors (Lipinski definition) is 5. The molecule has 0 saturated carbocycles. The number of para-hydroxylation sites is 1. The highest BCUT2D eigenvalue weighted by molar-refractivity contribution is 7.96. The van der Waals surface area contributed by atoms with E-state index >= 15 is 0 Å². The van der Waals surface area contributed by atoms with E-state index in [0.717, 1.165) is 5.56 Å². The Morgan fingerprint density at radius 3 is 2.00 bits per heavy atom. The molecule has 4 nitrogen and oxygen atoms in total. The lowest BCUT2D eigenvalue weighted by Gasteiger charge is -2.33. The topological polar surface area (TPSA) is 63.6 Å². The maximum Gasteiger partial charge on any atom is 0.292 e. The minimum atomic E-state index is -4.22. The molecule has 3 aromatic carbocycles. The molecular formula is C21H20O4S2. The number of hydrogen-bond donors (Lipinski definition) is 2. The van der Waals surface area contributed by atoms with Gasteiger partial charge in [-0.3, -0.25) is 0 Å². The summed E-state index contributed by atoms with van der Waals surface area (Å²) in [4.78, 5) is 0. The van der Waals surface area contributed by atoms with Gasteiger partial charge in [0.1, 0.15) is 5.75 Å². The number of rotatable bonds is 7. The monoisotopic (exact) mass is 400 g/mol. The molecule has 27 heavy (non-hydrogen) atoms. The Labute approximate surface area is 165 Å².